The topological polar surface area (TPSA) is 73.2 Å². The molecule has 2 aromatic carbocycles. The van der Waals surface area contributed by atoms with Gasteiger partial charge < -0.3 is 10.1 Å². The number of benzene rings is 2. The molecule has 0 unspecified atom stereocenters. The first-order valence-electron chi connectivity index (χ1n) is 7.83. The number of hydrogen-bond acceptors (Lipinski definition) is 4. The highest BCUT2D eigenvalue weighted by atomic mass is 79.9. The summed E-state index contributed by atoms with van der Waals surface area (Å²) in [6.07, 6.45) is 0. The summed E-state index contributed by atoms with van der Waals surface area (Å²) in [6.45, 7) is -0.180. The van der Waals surface area contributed by atoms with E-state index in [1.54, 1.807) is 37.4 Å². The Morgan fingerprint density at radius 3 is 2.65 bits per heavy atom. The van der Waals surface area contributed by atoms with E-state index in [1.807, 2.05) is 24.3 Å². The van der Waals surface area contributed by atoms with Crippen molar-refractivity contribution in [1.82, 2.24) is 9.78 Å². The molecule has 7 heteroatoms. The molecule has 0 fully saturated rings. The first kappa shape index (κ1) is 17.9. The van der Waals surface area contributed by atoms with E-state index < -0.39 is 0 Å². The molecule has 3 rings (SSSR count). The highest BCUT2D eigenvalue weighted by Crippen LogP contribution is 2.19. The van der Waals surface area contributed by atoms with Crippen molar-refractivity contribution in [2.75, 3.05) is 12.4 Å². The fourth-order valence-electron chi connectivity index (χ4n) is 2.37. The van der Waals surface area contributed by atoms with Crippen LogP contribution in [0.4, 0.5) is 5.69 Å². The molecule has 0 aliphatic carbocycles. The number of carbonyl (C=O) groups excluding carboxylic acids is 1. The fraction of sp³-hybridized carbons (Fsp3) is 0.105. The van der Waals surface area contributed by atoms with Gasteiger partial charge in [0, 0.05) is 27.9 Å². The Kier molecular flexibility index (Phi) is 5.48. The molecule has 1 aromatic heterocycles. The number of nitrogens with zero attached hydrogens (tertiary/aromatic N) is 2. The van der Waals surface area contributed by atoms with Gasteiger partial charge in [-0.1, -0.05) is 34.1 Å². The number of amides is 1. The summed E-state index contributed by atoms with van der Waals surface area (Å²) >= 11 is 3.38. The summed E-state index contributed by atoms with van der Waals surface area (Å²) in [7, 11) is 1.55. The van der Waals surface area contributed by atoms with Gasteiger partial charge in [0.25, 0.3) is 5.56 Å². The van der Waals surface area contributed by atoms with Crippen molar-refractivity contribution < 1.29 is 9.53 Å². The fourth-order valence-corrected chi connectivity index (χ4v) is 2.64. The Bertz CT molecular complexity index is 984. The Balaban J connectivity index is 1.78. The van der Waals surface area contributed by atoms with Crippen LogP contribution in [0.3, 0.4) is 0 Å². The third-order valence-corrected chi connectivity index (χ3v) is 4.18. The molecular formula is C19H16BrN3O3. The van der Waals surface area contributed by atoms with Gasteiger partial charge in [0.05, 0.1) is 12.8 Å². The minimum absolute atomic E-state index is 0.180. The zero-order chi connectivity index (χ0) is 18.5. The van der Waals surface area contributed by atoms with Gasteiger partial charge in [0.2, 0.25) is 5.91 Å². The van der Waals surface area contributed by atoms with E-state index in [9.17, 15) is 9.59 Å². The van der Waals surface area contributed by atoms with Crippen molar-refractivity contribution in [3.05, 3.63) is 75.5 Å². The summed E-state index contributed by atoms with van der Waals surface area (Å²) in [5.74, 6) is 0.288. The maximum Gasteiger partial charge on any atom is 0.267 e. The number of halogens is 1. The lowest BCUT2D eigenvalue weighted by Crippen LogP contribution is -2.29. The van der Waals surface area contributed by atoms with E-state index in [0.717, 1.165) is 14.7 Å². The number of hydrogen-bond donors (Lipinski definition) is 1. The average molecular weight is 414 g/mol. The van der Waals surface area contributed by atoms with E-state index in [1.165, 1.54) is 6.07 Å². The van der Waals surface area contributed by atoms with Crippen LogP contribution in [0, 0.1) is 0 Å². The normalized spacial score (nSPS) is 10.4. The van der Waals surface area contributed by atoms with Gasteiger partial charge >= 0.3 is 0 Å². The Morgan fingerprint density at radius 1 is 1.15 bits per heavy atom. The molecule has 1 N–H and O–H groups in total. The largest absolute Gasteiger partial charge is 0.497 e. The first-order chi connectivity index (χ1) is 12.5. The van der Waals surface area contributed by atoms with E-state index >= 15 is 0 Å². The number of anilines is 1. The lowest BCUT2D eigenvalue weighted by atomic mass is 10.1. The molecule has 6 nitrogen and oxygen atoms in total. The molecule has 0 bridgehead atoms. The molecule has 26 heavy (non-hydrogen) atoms. The number of aromatic nitrogens is 2. The van der Waals surface area contributed by atoms with Gasteiger partial charge in [0.15, 0.2) is 0 Å². The molecule has 1 heterocycles. The lowest BCUT2D eigenvalue weighted by Gasteiger charge is -2.09. The second-order valence-electron chi connectivity index (χ2n) is 5.50. The van der Waals surface area contributed by atoms with E-state index in [2.05, 4.69) is 26.3 Å². The van der Waals surface area contributed by atoms with Crippen LogP contribution in [0.15, 0.2) is 69.9 Å². The van der Waals surface area contributed by atoms with Crippen molar-refractivity contribution in [3.63, 3.8) is 0 Å². The maximum atomic E-state index is 12.3. The van der Waals surface area contributed by atoms with Crippen LogP contribution >= 0.6 is 15.9 Å². The minimum atomic E-state index is -0.346. The predicted octanol–water partition coefficient (Wildman–Crippen LogP) is 3.32. The molecule has 0 saturated heterocycles. The van der Waals surface area contributed by atoms with Crippen LogP contribution in [0.2, 0.25) is 0 Å². The van der Waals surface area contributed by atoms with Crippen LogP contribution in [0.5, 0.6) is 5.75 Å². The van der Waals surface area contributed by atoms with Crippen molar-refractivity contribution >= 4 is 27.5 Å². The van der Waals surface area contributed by atoms with Gasteiger partial charge in [-0.3, -0.25) is 9.59 Å². The Hall–Kier alpha value is -2.93. The molecule has 0 spiro atoms. The van der Waals surface area contributed by atoms with Crippen LogP contribution < -0.4 is 15.6 Å². The molecule has 132 valence electrons. The Labute approximate surface area is 158 Å². The quantitative estimate of drug-likeness (QED) is 0.695. The van der Waals surface area contributed by atoms with Crippen molar-refractivity contribution in [1.29, 1.82) is 0 Å². The van der Waals surface area contributed by atoms with Gasteiger partial charge in [0.1, 0.15) is 12.3 Å². The third-order valence-electron chi connectivity index (χ3n) is 3.65. The highest BCUT2D eigenvalue weighted by Gasteiger charge is 2.09. The number of methoxy groups -OCH3 is 1. The minimum Gasteiger partial charge on any atom is -0.497 e. The van der Waals surface area contributed by atoms with Gasteiger partial charge in [-0.25, -0.2) is 4.68 Å². The molecule has 0 atom stereocenters. The van der Waals surface area contributed by atoms with Crippen molar-refractivity contribution in [2.45, 2.75) is 6.54 Å². The monoisotopic (exact) mass is 413 g/mol. The van der Waals surface area contributed by atoms with Crippen LogP contribution in [0.1, 0.15) is 0 Å². The molecule has 0 saturated carbocycles. The zero-order valence-corrected chi connectivity index (χ0v) is 15.6. The van der Waals surface area contributed by atoms with E-state index in [0.29, 0.717) is 17.1 Å². The Morgan fingerprint density at radius 2 is 1.92 bits per heavy atom. The SMILES string of the molecule is COc1cccc(NC(=O)Cn2nc(-c3ccc(Br)cc3)ccc2=O)c1. The standard InChI is InChI=1S/C19H16BrN3O3/c1-26-16-4-2-3-15(11-16)21-18(24)12-23-19(25)10-9-17(22-23)13-5-7-14(20)8-6-13/h2-11H,12H2,1H3,(H,21,24). The summed E-state index contributed by atoms with van der Waals surface area (Å²) < 4.78 is 7.22. The van der Waals surface area contributed by atoms with Gasteiger partial charge in [-0.2, -0.15) is 5.10 Å². The van der Waals surface area contributed by atoms with Crippen molar-refractivity contribution in [3.8, 4) is 17.0 Å². The molecule has 0 aliphatic heterocycles. The number of rotatable bonds is 5. The number of ether oxygens (including phenoxy) is 1. The van der Waals surface area contributed by atoms with Crippen LogP contribution in [-0.4, -0.2) is 22.8 Å². The first-order valence-corrected chi connectivity index (χ1v) is 8.62. The second kappa shape index (κ2) is 7.97. The highest BCUT2D eigenvalue weighted by molar-refractivity contribution is 9.10. The van der Waals surface area contributed by atoms with E-state index in [-0.39, 0.29) is 18.0 Å². The smallest absolute Gasteiger partial charge is 0.267 e. The number of carbonyl (C=O) groups is 1. The number of nitrogens with one attached hydrogen (secondary N) is 1. The van der Waals surface area contributed by atoms with Crippen LogP contribution in [0.25, 0.3) is 11.3 Å². The summed E-state index contributed by atoms with van der Waals surface area (Å²) in [5.41, 5.74) is 1.72. The molecular weight excluding hydrogens is 398 g/mol. The predicted molar refractivity (Wildman–Crippen MR) is 103 cm³/mol. The summed E-state index contributed by atoms with van der Waals surface area (Å²) in [6, 6.07) is 17.6. The summed E-state index contributed by atoms with van der Waals surface area (Å²) in [4.78, 5) is 24.3. The second-order valence-corrected chi connectivity index (χ2v) is 6.42. The zero-order valence-electron chi connectivity index (χ0n) is 14.0. The van der Waals surface area contributed by atoms with E-state index in [4.69, 9.17) is 4.74 Å². The lowest BCUT2D eigenvalue weighted by molar-refractivity contribution is -0.117. The van der Waals surface area contributed by atoms with Crippen molar-refractivity contribution in [2.24, 2.45) is 0 Å². The maximum absolute atomic E-state index is 12.3. The van der Waals surface area contributed by atoms with Gasteiger partial charge in [-0.05, 0) is 30.3 Å². The third kappa shape index (κ3) is 4.37. The molecule has 1 amide bonds. The molecule has 0 radical (unpaired) electrons. The summed E-state index contributed by atoms with van der Waals surface area (Å²) in [5, 5.41) is 7.03. The average Bonchev–Trinajstić information content (AvgIpc) is 2.64. The van der Waals surface area contributed by atoms with Crippen LogP contribution in [-0.2, 0) is 11.3 Å². The van der Waals surface area contributed by atoms with Gasteiger partial charge in [-0.15, -0.1) is 0 Å². The molecule has 3 aromatic rings. The molecule has 0 aliphatic rings.